The van der Waals surface area contributed by atoms with Crippen molar-refractivity contribution in [2.45, 2.75) is 6.42 Å². The maximum Gasteiger partial charge on any atom is 0.267 e. The van der Waals surface area contributed by atoms with Crippen LogP contribution >= 0.6 is 0 Å². The van der Waals surface area contributed by atoms with Crippen LogP contribution in [-0.4, -0.2) is 31.1 Å². The number of benzene rings is 2. The Balaban J connectivity index is 1.83. The molecule has 0 aromatic heterocycles. The normalized spacial score (nSPS) is 14.5. The van der Waals surface area contributed by atoms with Crippen molar-refractivity contribution < 1.29 is 24.3 Å². The molecule has 0 atom stereocenters. The maximum atomic E-state index is 12.7. The van der Waals surface area contributed by atoms with Crippen molar-refractivity contribution in [1.29, 1.82) is 0 Å². The van der Waals surface area contributed by atoms with E-state index in [4.69, 9.17) is 14.7 Å². The Bertz CT molecular complexity index is 942. The lowest BCUT2D eigenvalue weighted by atomic mass is 10.1. The molecule has 0 aliphatic heterocycles. The Labute approximate surface area is 156 Å². The van der Waals surface area contributed by atoms with Gasteiger partial charge in [-0.1, -0.05) is 24.3 Å². The molecule has 0 heterocycles. The molecule has 2 aromatic rings. The molecule has 2 N–H and O–H groups in total. The van der Waals surface area contributed by atoms with E-state index in [9.17, 15) is 9.59 Å². The summed E-state index contributed by atoms with van der Waals surface area (Å²) in [4.78, 5) is 23.7. The molecular formula is C21H19NO5. The Morgan fingerprint density at radius 2 is 1.70 bits per heavy atom. The number of allylic oxidation sites excluding steroid dienone is 1. The molecule has 3 rings (SSSR count). The van der Waals surface area contributed by atoms with Crippen molar-refractivity contribution in [3.05, 3.63) is 70.3 Å². The van der Waals surface area contributed by atoms with Gasteiger partial charge in [0.2, 0.25) is 0 Å². The van der Waals surface area contributed by atoms with Crippen LogP contribution in [0.3, 0.4) is 0 Å². The molecule has 2 aromatic carbocycles. The first-order valence-electron chi connectivity index (χ1n) is 8.28. The van der Waals surface area contributed by atoms with Crippen LogP contribution < -0.4 is 15.0 Å². The van der Waals surface area contributed by atoms with E-state index in [0.29, 0.717) is 29.1 Å². The summed E-state index contributed by atoms with van der Waals surface area (Å²) in [6, 6.07) is 10.9. The van der Waals surface area contributed by atoms with E-state index in [-0.39, 0.29) is 5.78 Å². The maximum absolute atomic E-state index is 12.7. The summed E-state index contributed by atoms with van der Waals surface area (Å²) in [6.07, 6.45) is 5.20. The second-order valence-corrected chi connectivity index (χ2v) is 6.02. The number of methoxy groups -OCH3 is 2. The summed E-state index contributed by atoms with van der Waals surface area (Å²) < 4.78 is 10.6. The fraction of sp³-hybridized carbons (Fsp3) is 0.143. The molecular weight excluding hydrogens is 346 g/mol. The van der Waals surface area contributed by atoms with Gasteiger partial charge >= 0.3 is 0 Å². The molecule has 0 bridgehead atoms. The van der Waals surface area contributed by atoms with Crippen LogP contribution in [-0.2, 0) is 11.2 Å². The number of ether oxygens (including phenoxy) is 2. The molecule has 1 amide bonds. The number of nitrogens with one attached hydrogen (secondary N) is 1. The molecule has 27 heavy (non-hydrogen) atoms. The quantitative estimate of drug-likeness (QED) is 0.483. The number of amides is 1. The van der Waals surface area contributed by atoms with Crippen LogP contribution in [0.15, 0.2) is 48.0 Å². The van der Waals surface area contributed by atoms with Crippen LogP contribution in [0.4, 0.5) is 0 Å². The fourth-order valence-corrected chi connectivity index (χ4v) is 2.97. The van der Waals surface area contributed by atoms with Crippen LogP contribution in [0.1, 0.15) is 27.0 Å². The minimum Gasteiger partial charge on any atom is -0.493 e. The molecule has 0 radical (unpaired) electrons. The Hall–Kier alpha value is -3.38. The minimum atomic E-state index is -0.596. The van der Waals surface area contributed by atoms with Crippen molar-refractivity contribution >= 4 is 23.8 Å². The van der Waals surface area contributed by atoms with Crippen molar-refractivity contribution in [2.75, 3.05) is 14.2 Å². The van der Waals surface area contributed by atoms with E-state index >= 15 is 0 Å². The monoisotopic (exact) mass is 365 g/mol. The van der Waals surface area contributed by atoms with Gasteiger partial charge in [0.1, 0.15) is 0 Å². The number of fused-ring (bicyclic) bond motifs is 1. The van der Waals surface area contributed by atoms with Gasteiger partial charge in [0.25, 0.3) is 5.91 Å². The SMILES string of the molecule is COc1cc2c(cc1OC)C(=O)/C(=C\c1ccc(/C=C/C(=O)NO)cc1)C2. The lowest BCUT2D eigenvalue weighted by Gasteiger charge is -2.08. The van der Waals surface area contributed by atoms with Gasteiger partial charge in [0.05, 0.1) is 14.2 Å². The Morgan fingerprint density at radius 3 is 2.33 bits per heavy atom. The van der Waals surface area contributed by atoms with Gasteiger partial charge in [0.15, 0.2) is 17.3 Å². The first kappa shape index (κ1) is 18.4. The van der Waals surface area contributed by atoms with Crippen molar-refractivity contribution in [1.82, 2.24) is 5.48 Å². The summed E-state index contributed by atoms with van der Waals surface area (Å²) >= 11 is 0. The summed E-state index contributed by atoms with van der Waals surface area (Å²) in [7, 11) is 3.11. The van der Waals surface area contributed by atoms with E-state index in [1.54, 1.807) is 26.4 Å². The lowest BCUT2D eigenvalue weighted by molar-refractivity contribution is -0.124. The zero-order valence-electron chi connectivity index (χ0n) is 15.0. The number of Topliss-reactive ketones (excluding diaryl/α,β-unsaturated/α-hetero) is 1. The number of rotatable bonds is 5. The van der Waals surface area contributed by atoms with Crippen LogP contribution in [0.25, 0.3) is 12.2 Å². The predicted molar refractivity (Wildman–Crippen MR) is 101 cm³/mol. The third kappa shape index (κ3) is 3.91. The summed E-state index contributed by atoms with van der Waals surface area (Å²) in [6.45, 7) is 0. The highest BCUT2D eigenvalue weighted by atomic mass is 16.5. The third-order valence-corrected chi connectivity index (χ3v) is 4.34. The van der Waals surface area contributed by atoms with Gasteiger partial charge in [-0.2, -0.15) is 0 Å². The minimum absolute atomic E-state index is 0.0189. The molecule has 0 saturated heterocycles. The number of carbonyl (C=O) groups excluding carboxylic acids is 2. The molecule has 138 valence electrons. The summed E-state index contributed by atoms with van der Waals surface area (Å²) in [5.74, 6) is 0.526. The first-order valence-corrected chi connectivity index (χ1v) is 8.28. The fourth-order valence-electron chi connectivity index (χ4n) is 2.97. The van der Waals surface area contributed by atoms with E-state index in [0.717, 1.165) is 16.7 Å². The predicted octanol–water partition coefficient (Wildman–Crippen LogP) is 3.04. The Morgan fingerprint density at radius 1 is 1.07 bits per heavy atom. The van der Waals surface area contributed by atoms with E-state index < -0.39 is 5.91 Å². The molecule has 0 fully saturated rings. The van der Waals surface area contributed by atoms with Crippen LogP contribution in [0.5, 0.6) is 11.5 Å². The molecule has 0 unspecified atom stereocenters. The molecule has 0 saturated carbocycles. The molecule has 1 aliphatic rings. The zero-order valence-corrected chi connectivity index (χ0v) is 15.0. The Kier molecular flexibility index (Phi) is 5.38. The number of ketones is 1. The number of hydroxylamine groups is 1. The zero-order chi connectivity index (χ0) is 19.4. The summed E-state index contributed by atoms with van der Waals surface area (Å²) in [5.41, 5.74) is 5.46. The largest absolute Gasteiger partial charge is 0.493 e. The highest BCUT2D eigenvalue weighted by Gasteiger charge is 2.27. The van der Waals surface area contributed by atoms with Crippen molar-refractivity contribution in [3.63, 3.8) is 0 Å². The van der Waals surface area contributed by atoms with E-state index in [1.165, 1.54) is 11.6 Å². The topological polar surface area (TPSA) is 84.9 Å². The first-order chi connectivity index (χ1) is 13.0. The van der Waals surface area contributed by atoms with E-state index in [2.05, 4.69) is 0 Å². The highest BCUT2D eigenvalue weighted by Crippen LogP contribution is 2.37. The number of hydrogen-bond acceptors (Lipinski definition) is 5. The average Bonchev–Trinajstić information content (AvgIpc) is 3.00. The van der Waals surface area contributed by atoms with Crippen LogP contribution in [0.2, 0.25) is 0 Å². The van der Waals surface area contributed by atoms with Crippen molar-refractivity contribution in [3.8, 4) is 11.5 Å². The summed E-state index contributed by atoms with van der Waals surface area (Å²) in [5, 5.41) is 8.48. The third-order valence-electron chi connectivity index (χ3n) is 4.34. The smallest absolute Gasteiger partial charge is 0.267 e. The van der Waals surface area contributed by atoms with E-state index in [1.807, 2.05) is 36.4 Å². The van der Waals surface area contributed by atoms with Gasteiger partial charge in [0, 0.05) is 23.6 Å². The van der Waals surface area contributed by atoms with Gasteiger partial charge < -0.3 is 9.47 Å². The average molecular weight is 365 g/mol. The van der Waals surface area contributed by atoms with Crippen LogP contribution in [0, 0.1) is 0 Å². The number of carbonyl (C=O) groups is 2. The van der Waals surface area contributed by atoms with Crippen molar-refractivity contribution in [2.24, 2.45) is 0 Å². The standard InChI is InChI=1S/C21H19NO5/c1-26-18-11-15-10-16(21(24)17(15)12-19(18)27-2)9-14-5-3-13(4-6-14)7-8-20(23)22-25/h3-9,11-12,25H,10H2,1-2H3,(H,22,23)/b8-7+,16-9-. The second kappa shape index (κ2) is 7.88. The number of hydrogen-bond donors (Lipinski definition) is 2. The molecule has 6 nitrogen and oxygen atoms in total. The van der Waals surface area contributed by atoms with Gasteiger partial charge in [-0.05, 0) is 41.0 Å². The van der Waals surface area contributed by atoms with Gasteiger partial charge in [-0.15, -0.1) is 0 Å². The van der Waals surface area contributed by atoms with Gasteiger partial charge in [-0.25, -0.2) is 5.48 Å². The molecule has 6 heteroatoms. The molecule has 0 spiro atoms. The molecule has 1 aliphatic carbocycles. The lowest BCUT2D eigenvalue weighted by Crippen LogP contribution is -2.14. The second-order valence-electron chi connectivity index (χ2n) is 6.02. The van der Waals surface area contributed by atoms with Gasteiger partial charge in [-0.3, -0.25) is 14.8 Å². The highest BCUT2D eigenvalue weighted by molar-refractivity contribution is 6.16.